The van der Waals surface area contributed by atoms with Gasteiger partial charge >= 0.3 is 0 Å². The molecule has 0 heterocycles. The van der Waals surface area contributed by atoms with Crippen molar-refractivity contribution in [1.29, 1.82) is 0 Å². The Hall–Kier alpha value is -1.06. The predicted octanol–water partition coefficient (Wildman–Crippen LogP) is 7.26. The molecule has 2 amide bonds. The van der Waals surface area contributed by atoms with Crippen molar-refractivity contribution in [2.24, 2.45) is 21.7 Å². The summed E-state index contributed by atoms with van der Waals surface area (Å²) in [5, 5.41) is 6.55. The van der Waals surface area contributed by atoms with E-state index in [2.05, 4.69) is 66.0 Å². The summed E-state index contributed by atoms with van der Waals surface area (Å²) in [6.07, 6.45) is 5.81. The van der Waals surface area contributed by atoms with Crippen LogP contribution in [-0.4, -0.2) is 22.9 Å². The van der Waals surface area contributed by atoms with Crippen LogP contribution in [0.1, 0.15) is 135 Å². The topological polar surface area (TPSA) is 58.2 Å². The highest BCUT2D eigenvalue weighted by Gasteiger charge is 2.40. The molecular weight excluding hydrogens is 396 g/mol. The minimum absolute atomic E-state index is 0.0672. The Kier molecular flexibility index (Phi) is 10.1. The summed E-state index contributed by atoms with van der Waals surface area (Å²) in [7, 11) is 0. The number of rotatable bonds is 12. The lowest BCUT2D eigenvalue weighted by Gasteiger charge is -2.41. The van der Waals surface area contributed by atoms with Gasteiger partial charge in [-0.05, 0) is 64.2 Å². The molecule has 0 fully saturated rings. The van der Waals surface area contributed by atoms with Gasteiger partial charge in [0.05, 0.1) is 0 Å². The molecule has 0 radical (unpaired) electrons. The van der Waals surface area contributed by atoms with Crippen molar-refractivity contribution in [1.82, 2.24) is 10.6 Å². The van der Waals surface area contributed by atoms with Crippen LogP contribution >= 0.6 is 0 Å². The smallest absolute Gasteiger partial charge is 0.226 e. The summed E-state index contributed by atoms with van der Waals surface area (Å²) < 4.78 is 0. The van der Waals surface area contributed by atoms with Crippen LogP contribution in [0.4, 0.5) is 0 Å². The van der Waals surface area contributed by atoms with Crippen molar-refractivity contribution in [3.05, 3.63) is 0 Å². The monoisotopic (exact) mass is 452 g/mol. The summed E-state index contributed by atoms with van der Waals surface area (Å²) in [6.45, 7) is 29.6. The lowest BCUT2D eigenvalue weighted by Crippen LogP contribution is -2.57. The average molecular weight is 453 g/mol. The molecule has 2 N–H and O–H groups in total. The summed E-state index contributed by atoms with van der Waals surface area (Å²) in [5.74, 6) is 0.153. The fourth-order valence-electron chi connectivity index (χ4n) is 5.57. The molecule has 32 heavy (non-hydrogen) atoms. The first kappa shape index (κ1) is 30.9. The molecule has 0 saturated carbocycles. The van der Waals surface area contributed by atoms with Crippen molar-refractivity contribution >= 4 is 11.8 Å². The van der Waals surface area contributed by atoms with Gasteiger partial charge in [-0.1, -0.05) is 82.1 Å². The van der Waals surface area contributed by atoms with E-state index in [1.54, 1.807) is 0 Å². The van der Waals surface area contributed by atoms with Crippen LogP contribution in [0.5, 0.6) is 0 Å². The van der Waals surface area contributed by atoms with Crippen LogP contribution in [0.3, 0.4) is 0 Å². The highest BCUT2D eigenvalue weighted by molar-refractivity contribution is 5.83. The van der Waals surface area contributed by atoms with Crippen LogP contribution in [-0.2, 0) is 9.59 Å². The molecule has 0 aromatic rings. The maximum atomic E-state index is 13.3. The van der Waals surface area contributed by atoms with Gasteiger partial charge in [0, 0.05) is 21.9 Å². The predicted molar refractivity (Wildman–Crippen MR) is 139 cm³/mol. The van der Waals surface area contributed by atoms with E-state index < -0.39 is 21.9 Å². The molecule has 0 unspecified atom stereocenters. The van der Waals surface area contributed by atoms with Crippen LogP contribution in [0, 0.1) is 21.7 Å². The number of unbranched alkanes of at least 4 members (excludes halogenated alkanes) is 1. The van der Waals surface area contributed by atoms with Crippen LogP contribution in [0.2, 0.25) is 0 Å². The standard InChI is InChI=1S/C28H56N2O2/c1-15-16-17-24(5,6)19-26(9,10)22(32)30-28(13,14)20-27(11,12)29-21(31)25(7,8)18-23(2,3)4/h15-20H2,1-14H3,(H,29,31)(H,30,32). The number of nitrogens with one attached hydrogen (secondary N) is 2. The van der Waals surface area contributed by atoms with Gasteiger partial charge in [0.1, 0.15) is 0 Å². The van der Waals surface area contributed by atoms with Gasteiger partial charge in [0.2, 0.25) is 11.8 Å². The molecule has 0 aromatic heterocycles. The first-order valence-electron chi connectivity index (χ1n) is 12.6. The Morgan fingerprint density at radius 2 is 0.969 bits per heavy atom. The third-order valence-electron chi connectivity index (χ3n) is 6.12. The van der Waals surface area contributed by atoms with E-state index in [0.29, 0.717) is 6.42 Å². The Balaban J connectivity index is 5.19. The van der Waals surface area contributed by atoms with E-state index in [4.69, 9.17) is 0 Å². The van der Waals surface area contributed by atoms with Gasteiger partial charge in [-0.25, -0.2) is 0 Å². The Morgan fingerprint density at radius 1 is 0.594 bits per heavy atom. The van der Waals surface area contributed by atoms with Gasteiger partial charge in [-0.15, -0.1) is 0 Å². The van der Waals surface area contributed by atoms with E-state index >= 15 is 0 Å². The molecule has 4 heteroatoms. The number of carbonyl (C=O) groups is 2. The molecule has 0 aromatic carbocycles. The number of carbonyl (C=O) groups excluding carboxylic acids is 2. The summed E-state index contributed by atoms with van der Waals surface area (Å²) in [4.78, 5) is 26.3. The van der Waals surface area contributed by atoms with E-state index in [-0.39, 0.29) is 22.6 Å². The second-order valence-electron chi connectivity index (χ2n) is 14.8. The minimum atomic E-state index is -0.449. The normalized spacial score (nSPS) is 14.3. The minimum Gasteiger partial charge on any atom is -0.351 e. The fraction of sp³-hybridized carbons (Fsp3) is 0.929. The van der Waals surface area contributed by atoms with Crippen molar-refractivity contribution in [2.45, 2.75) is 147 Å². The summed E-state index contributed by atoms with van der Waals surface area (Å²) >= 11 is 0. The van der Waals surface area contributed by atoms with Crippen LogP contribution in [0.15, 0.2) is 0 Å². The second kappa shape index (κ2) is 10.5. The first-order valence-corrected chi connectivity index (χ1v) is 12.6. The van der Waals surface area contributed by atoms with E-state index in [1.165, 1.54) is 12.8 Å². The number of hydrogen-bond acceptors (Lipinski definition) is 2. The highest BCUT2D eigenvalue weighted by Crippen LogP contribution is 2.38. The van der Waals surface area contributed by atoms with Gasteiger partial charge < -0.3 is 10.6 Å². The lowest BCUT2D eigenvalue weighted by molar-refractivity contribution is -0.133. The maximum Gasteiger partial charge on any atom is 0.226 e. The van der Waals surface area contributed by atoms with Crippen molar-refractivity contribution in [2.75, 3.05) is 0 Å². The molecule has 0 bridgehead atoms. The van der Waals surface area contributed by atoms with Gasteiger partial charge in [0.15, 0.2) is 0 Å². The average Bonchev–Trinajstić information content (AvgIpc) is 2.47. The summed E-state index contributed by atoms with van der Waals surface area (Å²) in [6, 6.07) is 0. The van der Waals surface area contributed by atoms with E-state index in [1.807, 2.05) is 41.5 Å². The van der Waals surface area contributed by atoms with Crippen molar-refractivity contribution < 1.29 is 9.59 Å². The van der Waals surface area contributed by atoms with Gasteiger partial charge in [-0.2, -0.15) is 0 Å². The Bertz CT molecular complexity index is 634. The maximum absolute atomic E-state index is 13.3. The van der Waals surface area contributed by atoms with Crippen molar-refractivity contribution in [3.8, 4) is 0 Å². The zero-order valence-electron chi connectivity index (χ0n) is 24.1. The number of hydrogen-bond donors (Lipinski definition) is 2. The highest BCUT2D eigenvalue weighted by atomic mass is 16.2. The molecule has 0 atom stereocenters. The van der Waals surface area contributed by atoms with E-state index in [0.717, 1.165) is 19.3 Å². The molecular formula is C28H56N2O2. The third-order valence-corrected chi connectivity index (χ3v) is 6.12. The van der Waals surface area contributed by atoms with Gasteiger partial charge in [-0.3, -0.25) is 9.59 Å². The van der Waals surface area contributed by atoms with Gasteiger partial charge in [0.25, 0.3) is 0 Å². The molecule has 0 spiro atoms. The Morgan fingerprint density at radius 3 is 1.31 bits per heavy atom. The van der Waals surface area contributed by atoms with Crippen molar-refractivity contribution in [3.63, 3.8) is 0 Å². The molecule has 0 saturated heterocycles. The first-order chi connectivity index (χ1) is 13.9. The van der Waals surface area contributed by atoms with E-state index in [9.17, 15) is 9.59 Å². The molecule has 0 aliphatic heterocycles. The molecule has 0 aliphatic carbocycles. The Labute approximate surface area is 200 Å². The molecule has 0 aliphatic rings. The lowest BCUT2D eigenvalue weighted by atomic mass is 9.71. The molecule has 0 rings (SSSR count). The zero-order valence-corrected chi connectivity index (χ0v) is 24.1. The second-order valence-corrected chi connectivity index (χ2v) is 14.8. The van der Waals surface area contributed by atoms with Crippen LogP contribution < -0.4 is 10.6 Å². The zero-order chi connectivity index (χ0) is 25.8. The fourth-order valence-corrected chi connectivity index (χ4v) is 5.57. The third kappa shape index (κ3) is 11.7. The van der Waals surface area contributed by atoms with Crippen LogP contribution in [0.25, 0.3) is 0 Å². The summed E-state index contributed by atoms with van der Waals surface area (Å²) in [5.41, 5.74) is -1.56. The SMILES string of the molecule is CCCCC(C)(C)CC(C)(C)C(=O)NC(C)(C)CC(C)(C)NC(=O)C(C)(C)CC(C)(C)C. The quantitative estimate of drug-likeness (QED) is 0.327. The number of amides is 2. The molecule has 4 nitrogen and oxygen atoms in total. The molecule has 190 valence electrons. The largest absolute Gasteiger partial charge is 0.351 e.